The van der Waals surface area contributed by atoms with Crippen molar-refractivity contribution in [1.29, 1.82) is 0 Å². The smallest absolute Gasteiger partial charge is 0.132 e. The third-order valence-electron chi connectivity index (χ3n) is 2.54. The largest absolute Gasteiger partial charge is 0.380 e. The lowest BCUT2D eigenvalue weighted by molar-refractivity contribution is 0.141. The second-order valence-electron chi connectivity index (χ2n) is 4.05. The fourth-order valence-electron chi connectivity index (χ4n) is 1.47. The minimum atomic E-state index is 0.709. The first-order valence-electron chi connectivity index (χ1n) is 6.67. The normalized spacial score (nSPS) is 10.4. The molecule has 0 fully saturated rings. The van der Waals surface area contributed by atoms with E-state index in [1.165, 1.54) is 6.42 Å². The Balaban J connectivity index is 2.36. The van der Waals surface area contributed by atoms with E-state index >= 15 is 0 Å². The molecule has 0 saturated carbocycles. The van der Waals surface area contributed by atoms with Gasteiger partial charge >= 0.3 is 0 Å². The van der Waals surface area contributed by atoms with Gasteiger partial charge in [0.2, 0.25) is 0 Å². The quantitative estimate of drug-likeness (QED) is 0.660. The molecule has 0 unspecified atom stereocenters. The van der Waals surface area contributed by atoms with Crippen LogP contribution in [-0.4, -0.2) is 36.8 Å². The lowest BCUT2D eigenvalue weighted by Crippen LogP contribution is -2.12. The molecule has 0 atom stereocenters. The van der Waals surface area contributed by atoms with Crippen molar-refractivity contribution in [3.63, 3.8) is 0 Å². The molecule has 5 heteroatoms. The van der Waals surface area contributed by atoms with E-state index in [9.17, 15) is 0 Å². The molecular formula is C13H24N4O. The summed E-state index contributed by atoms with van der Waals surface area (Å²) in [5.41, 5.74) is 0. The fourth-order valence-corrected chi connectivity index (χ4v) is 1.47. The lowest BCUT2D eigenvalue weighted by Gasteiger charge is -2.09. The van der Waals surface area contributed by atoms with Crippen molar-refractivity contribution in [1.82, 2.24) is 9.97 Å². The van der Waals surface area contributed by atoms with Gasteiger partial charge in [-0.2, -0.15) is 0 Å². The average molecular weight is 252 g/mol. The third kappa shape index (κ3) is 5.31. The van der Waals surface area contributed by atoms with Crippen LogP contribution in [0.25, 0.3) is 0 Å². The van der Waals surface area contributed by atoms with Gasteiger partial charge in [-0.15, -0.1) is 0 Å². The Morgan fingerprint density at radius 3 is 2.61 bits per heavy atom. The van der Waals surface area contributed by atoms with Crippen molar-refractivity contribution in [2.75, 3.05) is 37.4 Å². The molecule has 0 saturated heterocycles. The van der Waals surface area contributed by atoms with Crippen LogP contribution in [0.4, 0.5) is 11.6 Å². The van der Waals surface area contributed by atoms with E-state index in [0.717, 1.165) is 43.5 Å². The second kappa shape index (κ2) is 8.69. The predicted octanol–water partition coefficient (Wildman–Crippen LogP) is 2.31. The van der Waals surface area contributed by atoms with Crippen LogP contribution in [0.5, 0.6) is 0 Å². The van der Waals surface area contributed by atoms with E-state index in [0.29, 0.717) is 6.61 Å². The maximum Gasteiger partial charge on any atom is 0.132 e. The van der Waals surface area contributed by atoms with Crippen molar-refractivity contribution in [2.24, 2.45) is 0 Å². The van der Waals surface area contributed by atoms with Gasteiger partial charge in [0, 0.05) is 32.7 Å². The van der Waals surface area contributed by atoms with Crippen molar-refractivity contribution in [3.8, 4) is 0 Å². The zero-order valence-corrected chi connectivity index (χ0v) is 11.6. The van der Waals surface area contributed by atoms with E-state index < -0.39 is 0 Å². The number of aryl methyl sites for hydroxylation is 1. The molecule has 1 rings (SSSR count). The SMILES string of the molecule is CCCCOCCNc1cc(NC)nc(CC)n1. The summed E-state index contributed by atoms with van der Waals surface area (Å²) in [4.78, 5) is 8.76. The van der Waals surface area contributed by atoms with E-state index in [4.69, 9.17) is 4.74 Å². The van der Waals surface area contributed by atoms with Gasteiger partial charge in [0.25, 0.3) is 0 Å². The van der Waals surface area contributed by atoms with Crippen molar-refractivity contribution < 1.29 is 4.74 Å². The van der Waals surface area contributed by atoms with Crippen molar-refractivity contribution in [2.45, 2.75) is 33.1 Å². The number of rotatable bonds is 9. The molecule has 0 amide bonds. The number of unbranched alkanes of at least 4 members (excludes halogenated alkanes) is 1. The maximum atomic E-state index is 5.49. The molecule has 0 spiro atoms. The van der Waals surface area contributed by atoms with Crippen LogP contribution in [0.3, 0.4) is 0 Å². The monoisotopic (exact) mass is 252 g/mol. The van der Waals surface area contributed by atoms with Crippen molar-refractivity contribution in [3.05, 3.63) is 11.9 Å². The number of hydrogen-bond acceptors (Lipinski definition) is 5. The van der Waals surface area contributed by atoms with Crippen LogP contribution in [0, 0.1) is 0 Å². The van der Waals surface area contributed by atoms with E-state index in [1.807, 2.05) is 20.0 Å². The first-order chi connectivity index (χ1) is 8.80. The Labute approximate surface area is 109 Å². The topological polar surface area (TPSA) is 59.1 Å². The molecule has 0 aromatic carbocycles. The van der Waals surface area contributed by atoms with Gasteiger partial charge < -0.3 is 15.4 Å². The number of aromatic nitrogens is 2. The zero-order valence-electron chi connectivity index (χ0n) is 11.6. The van der Waals surface area contributed by atoms with Crippen LogP contribution in [0.15, 0.2) is 6.07 Å². The highest BCUT2D eigenvalue weighted by Gasteiger charge is 2.01. The Kier molecular flexibility index (Phi) is 7.10. The molecule has 0 radical (unpaired) electrons. The first-order valence-corrected chi connectivity index (χ1v) is 6.67. The summed E-state index contributed by atoms with van der Waals surface area (Å²) in [6.07, 6.45) is 3.12. The Morgan fingerprint density at radius 2 is 1.94 bits per heavy atom. The summed E-state index contributed by atoms with van der Waals surface area (Å²) >= 11 is 0. The molecule has 1 heterocycles. The Morgan fingerprint density at radius 1 is 1.17 bits per heavy atom. The van der Waals surface area contributed by atoms with Crippen LogP contribution >= 0.6 is 0 Å². The lowest BCUT2D eigenvalue weighted by atomic mass is 10.4. The summed E-state index contributed by atoms with van der Waals surface area (Å²) < 4.78 is 5.49. The summed E-state index contributed by atoms with van der Waals surface area (Å²) in [6.45, 7) is 6.53. The summed E-state index contributed by atoms with van der Waals surface area (Å²) in [5, 5.41) is 6.29. The predicted molar refractivity (Wildman–Crippen MR) is 75.2 cm³/mol. The highest BCUT2D eigenvalue weighted by Crippen LogP contribution is 2.10. The number of hydrogen-bond donors (Lipinski definition) is 2. The number of ether oxygens (including phenoxy) is 1. The minimum absolute atomic E-state index is 0.709. The second-order valence-corrected chi connectivity index (χ2v) is 4.05. The zero-order chi connectivity index (χ0) is 13.2. The standard InChI is InChI=1S/C13H24N4O/c1-4-6-8-18-9-7-15-13-10-12(14-3)16-11(5-2)17-13/h10H,4-9H2,1-3H3,(H2,14,15,16,17). The molecule has 2 N–H and O–H groups in total. The van der Waals surface area contributed by atoms with Gasteiger partial charge in [-0.25, -0.2) is 9.97 Å². The molecule has 5 nitrogen and oxygen atoms in total. The van der Waals surface area contributed by atoms with Gasteiger partial charge in [0.05, 0.1) is 6.61 Å². The van der Waals surface area contributed by atoms with Gasteiger partial charge in [-0.3, -0.25) is 0 Å². The molecule has 0 aliphatic carbocycles. The average Bonchev–Trinajstić information content (AvgIpc) is 2.42. The molecule has 18 heavy (non-hydrogen) atoms. The number of anilines is 2. The van der Waals surface area contributed by atoms with Gasteiger partial charge in [0.15, 0.2) is 0 Å². The molecule has 102 valence electrons. The van der Waals surface area contributed by atoms with Crippen LogP contribution < -0.4 is 10.6 Å². The summed E-state index contributed by atoms with van der Waals surface area (Å²) in [6, 6.07) is 1.91. The maximum absolute atomic E-state index is 5.49. The fraction of sp³-hybridized carbons (Fsp3) is 0.692. The van der Waals surface area contributed by atoms with Crippen LogP contribution in [0.1, 0.15) is 32.5 Å². The molecule has 1 aromatic heterocycles. The van der Waals surface area contributed by atoms with Gasteiger partial charge in [-0.1, -0.05) is 20.3 Å². The molecule has 0 aliphatic rings. The highest BCUT2D eigenvalue weighted by molar-refractivity contribution is 5.47. The van der Waals surface area contributed by atoms with Crippen LogP contribution in [0.2, 0.25) is 0 Å². The van der Waals surface area contributed by atoms with Gasteiger partial charge in [-0.05, 0) is 6.42 Å². The molecular weight excluding hydrogens is 228 g/mol. The van der Waals surface area contributed by atoms with E-state index in [2.05, 4.69) is 27.5 Å². The highest BCUT2D eigenvalue weighted by atomic mass is 16.5. The molecule has 0 bridgehead atoms. The summed E-state index contributed by atoms with van der Waals surface area (Å²) in [7, 11) is 1.86. The van der Waals surface area contributed by atoms with Gasteiger partial charge in [0.1, 0.15) is 17.5 Å². The third-order valence-corrected chi connectivity index (χ3v) is 2.54. The van der Waals surface area contributed by atoms with E-state index in [-0.39, 0.29) is 0 Å². The van der Waals surface area contributed by atoms with Crippen LogP contribution in [-0.2, 0) is 11.2 Å². The number of nitrogens with one attached hydrogen (secondary N) is 2. The Hall–Kier alpha value is -1.36. The summed E-state index contributed by atoms with van der Waals surface area (Å²) in [5.74, 6) is 2.54. The van der Waals surface area contributed by atoms with Crippen molar-refractivity contribution >= 4 is 11.6 Å². The number of nitrogens with zero attached hydrogens (tertiary/aromatic N) is 2. The first kappa shape index (κ1) is 14.7. The minimum Gasteiger partial charge on any atom is -0.380 e. The Bertz CT molecular complexity index is 322. The van der Waals surface area contributed by atoms with E-state index in [1.54, 1.807) is 0 Å². The molecule has 1 aromatic rings. The molecule has 0 aliphatic heterocycles.